The van der Waals surface area contributed by atoms with Gasteiger partial charge in [0, 0.05) is 11.1 Å². The summed E-state index contributed by atoms with van der Waals surface area (Å²) in [7, 11) is 0. The van der Waals surface area contributed by atoms with Crippen LogP contribution in [0.3, 0.4) is 0 Å². The molecule has 0 spiro atoms. The van der Waals surface area contributed by atoms with E-state index in [0.717, 1.165) is 0 Å². The van der Waals surface area contributed by atoms with E-state index in [-0.39, 0.29) is 24.2 Å². The number of nitrogens with one attached hydrogen (secondary N) is 1. The van der Waals surface area contributed by atoms with E-state index in [9.17, 15) is 13.6 Å². The maximum atomic E-state index is 12.7. The van der Waals surface area contributed by atoms with Crippen LogP contribution in [0, 0.1) is 0 Å². The number of alkyl halides is 2. The molecule has 4 nitrogen and oxygen atoms in total. The summed E-state index contributed by atoms with van der Waals surface area (Å²) in [5, 5.41) is 11.0. The lowest BCUT2D eigenvalue weighted by molar-refractivity contribution is -0.257. The van der Waals surface area contributed by atoms with Gasteiger partial charge in [0.1, 0.15) is 0 Å². The number of likely N-dealkylation sites (tertiary alicyclic amines) is 1. The van der Waals surface area contributed by atoms with Gasteiger partial charge in [0.05, 0.1) is 13.1 Å². The van der Waals surface area contributed by atoms with Crippen molar-refractivity contribution in [3.8, 4) is 0 Å². The molecule has 0 aromatic carbocycles. The van der Waals surface area contributed by atoms with Crippen molar-refractivity contribution >= 4 is 6.09 Å². The van der Waals surface area contributed by atoms with Gasteiger partial charge >= 0.3 is 6.09 Å². The fourth-order valence-electron chi connectivity index (χ4n) is 3.28. The molecule has 15 heavy (non-hydrogen) atoms. The van der Waals surface area contributed by atoms with Crippen LogP contribution in [0.5, 0.6) is 0 Å². The van der Waals surface area contributed by atoms with Crippen molar-refractivity contribution < 1.29 is 18.7 Å². The van der Waals surface area contributed by atoms with Crippen LogP contribution >= 0.6 is 0 Å². The third-order valence-electron chi connectivity index (χ3n) is 3.89. The number of carbonyl (C=O) groups is 1. The smallest absolute Gasteiger partial charge is 0.405 e. The molecular formula is C9H12F2N2O2. The Bertz CT molecular complexity index is 317. The Morgan fingerprint density at radius 1 is 1.27 bits per heavy atom. The van der Waals surface area contributed by atoms with Crippen LogP contribution in [0.2, 0.25) is 0 Å². The average Bonchev–Trinajstić information content (AvgIpc) is 1.88. The summed E-state index contributed by atoms with van der Waals surface area (Å²) in [6.45, 7) is -0.313. The Hall–Kier alpha value is -0.910. The van der Waals surface area contributed by atoms with Crippen LogP contribution in [0.1, 0.15) is 19.3 Å². The molecule has 4 rings (SSSR count). The number of carboxylic acid groups (broad SMARTS) is 1. The summed E-state index contributed by atoms with van der Waals surface area (Å²) >= 11 is 0. The maximum absolute atomic E-state index is 12.7. The van der Waals surface area contributed by atoms with E-state index < -0.39 is 12.0 Å². The van der Waals surface area contributed by atoms with E-state index in [1.54, 1.807) is 4.90 Å². The molecule has 4 aliphatic rings. The summed E-state index contributed by atoms with van der Waals surface area (Å²) in [4.78, 5) is 12.2. The number of amides is 1. The number of hydrogen-bond acceptors (Lipinski definition) is 2. The minimum Gasteiger partial charge on any atom is -0.465 e. The summed E-state index contributed by atoms with van der Waals surface area (Å²) in [6.07, 6.45) is 1.07. The van der Waals surface area contributed by atoms with Crippen LogP contribution in [0.25, 0.3) is 0 Å². The standard InChI is InChI=1S/C9H12F2N2O2/c10-9(11)4-13(5-9)8-1-7(2-8,3-8)12-6(14)15/h12H,1-5H2,(H,14,15). The molecule has 0 aromatic heterocycles. The van der Waals surface area contributed by atoms with Crippen molar-refractivity contribution in [3.05, 3.63) is 0 Å². The Morgan fingerprint density at radius 3 is 2.20 bits per heavy atom. The lowest BCUT2D eigenvalue weighted by Gasteiger charge is -2.75. The van der Waals surface area contributed by atoms with E-state index in [1.807, 2.05) is 0 Å². The molecule has 0 atom stereocenters. The van der Waals surface area contributed by atoms with E-state index >= 15 is 0 Å². The molecule has 2 N–H and O–H groups in total. The van der Waals surface area contributed by atoms with Gasteiger partial charge in [0.15, 0.2) is 0 Å². The molecular weight excluding hydrogens is 206 g/mol. The third kappa shape index (κ3) is 1.11. The number of nitrogens with zero attached hydrogens (tertiary/aromatic N) is 1. The van der Waals surface area contributed by atoms with Gasteiger partial charge in [-0.05, 0) is 19.3 Å². The van der Waals surface area contributed by atoms with Crippen LogP contribution in [0.15, 0.2) is 0 Å². The highest BCUT2D eigenvalue weighted by molar-refractivity contribution is 5.67. The Morgan fingerprint density at radius 2 is 1.80 bits per heavy atom. The normalized spacial score (nSPS) is 46.0. The first-order chi connectivity index (χ1) is 6.85. The molecule has 0 unspecified atom stereocenters. The zero-order valence-corrected chi connectivity index (χ0v) is 8.09. The Balaban J connectivity index is 1.56. The SMILES string of the molecule is O=C(O)NC12CC(N3CC(F)(F)C3)(C1)C2. The van der Waals surface area contributed by atoms with Crippen LogP contribution in [-0.2, 0) is 0 Å². The quantitative estimate of drug-likeness (QED) is 0.723. The monoisotopic (exact) mass is 218 g/mol. The van der Waals surface area contributed by atoms with Crippen LogP contribution in [0.4, 0.5) is 13.6 Å². The van der Waals surface area contributed by atoms with E-state index in [0.29, 0.717) is 19.3 Å². The van der Waals surface area contributed by atoms with Crippen molar-refractivity contribution in [2.45, 2.75) is 36.3 Å². The van der Waals surface area contributed by atoms with E-state index in [2.05, 4.69) is 5.32 Å². The number of rotatable bonds is 2. The summed E-state index contributed by atoms with van der Waals surface area (Å²) < 4.78 is 25.3. The predicted molar refractivity (Wildman–Crippen MR) is 47.0 cm³/mol. The first-order valence-electron chi connectivity index (χ1n) is 4.99. The van der Waals surface area contributed by atoms with Gasteiger partial charge in [0.25, 0.3) is 5.92 Å². The fraction of sp³-hybridized carbons (Fsp3) is 0.889. The second-order valence-electron chi connectivity index (χ2n) is 5.18. The summed E-state index contributed by atoms with van der Waals surface area (Å²) in [5.41, 5.74) is -0.402. The number of halogens is 2. The third-order valence-corrected chi connectivity index (χ3v) is 3.89. The highest BCUT2D eigenvalue weighted by atomic mass is 19.3. The van der Waals surface area contributed by atoms with E-state index in [1.165, 1.54) is 0 Å². The molecule has 2 bridgehead atoms. The highest BCUT2D eigenvalue weighted by Gasteiger charge is 2.73. The van der Waals surface area contributed by atoms with Crippen molar-refractivity contribution in [1.82, 2.24) is 10.2 Å². The van der Waals surface area contributed by atoms with Gasteiger partial charge in [0.2, 0.25) is 0 Å². The van der Waals surface area contributed by atoms with Crippen molar-refractivity contribution in [2.75, 3.05) is 13.1 Å². The van der Waals surface area contributed by atoms with Crippen molar-refractivity contribution in [1.29, 1.82) is 0 Å². The van der Waals surface area contributed by atoms with Crippen molar-refractivity contribution in [2.24, 2.45) is 0 Å². The molecule has 3 saturated carbocycles. The Kier molecular flexibility index (Phi) is 1.41. The number of hydrogen-bond donors (Lipinski definition) is 2. The summed E-state index contributed by atoms with van der Waals surface area (Å²) in [5.74, 6) is -2.52. The van der Waals surface area contributed by atoms with E-state index in [4.69, 9.17) is 5.11 Å². The largest absolute Gasteiger partial charge is 0.465 e. The average molecular weight is 218 g/mol. The van der Waals surface area contributed by atoms with Gasteiger partial charge in [-0.2, -0.15) is 0 Å². The summed E-state index contributed by atoms with van der Waals surface area (Å²) in [6, 6.07) is 0. The molecule has 0 aromatic rings. The van der Waals surface area contributed by atoms with Crippen LogP contribution < -0.4 is 5.32 Å². The topological polar surface area (TPSA) is 52.6 Å². The lowest BCUT2D eigenvalue weighted by atomic mass is 9.43. The van der Waals surface area contributed by atoms with Crippen molar-refractivity contribution in [3.63, 3.8) is 0 Å². The molecule has 6 heteroatoms. The van der Waals surface area contributed by atoms with Gasteiger partial charge in [-0.15, -0.1) is 0 Å². The minimum absolute atomic E-state index is 0.107. The second-order valence-corrected chi connectivity index (χ2v) is 5.18. The molecule has 0 radical (unpaired) electrons. The maximum Gasteiger partial charge on any atom is 0.405 e. The zero-order valence-electron chi connectivity index (χ0n) is 8.09. The highest BCUT2D eigenvalue weighted by Crippen LogP contribution is 2.65. The molecule has 1 saturated heterocycles. The van der Waals surface area contributed by atoms with Crippen LogP contribution in [-0.4, -0.2) is 46.2 Å². The second kappa shape index (κ2) is 2.26. The first-order valence-corrected chi connectivity index (χ1v) is 4.99. The lowest BCUT2D eigenvalue weighted by Crippen LogP contribution is -2.86. The predicted octanol–water partition coefficient (Wildman–Crippen LogP) is 0.880. The molecule has 84 valence electrons. The first kappa shape index (κ1) is 9.33. The fourth-order valence-corrected chi connectivity index (χ4v) is 3.28. The van der Waals surface area contributed by atoms with Gasteiger partial charge in [-0.1, -0.05) is 0 Å². The molecule has 3 aliphatic carbocycles. The molecule has 1 heterocycles. The molecule has 1 amide bonds. The van der Waals surface area contributed by atoms with Gasteiger partial charge < -0.3 is 10.4 Å². The van der Waals surface area contributed by atoms with Gasteiger partial charge in [-0.25, -0.2) is 13.6 Å². The molecule has 1 aliphatic heterocycles. The zero-order chi connectivity index (χ0) is 10.9. The molecule has 4 fully saturated rings. The Labute approximate surface area is 85.2 Å². The van der Waals surface area contributed by atoms with Gasteiger partial charge in [-0.3, -0.25) is 4.90 Å². The minimum atomic E-state index is -2.52.